The normalized spacial score (nSPS) is 15.5. The van der Waals surface area contributed by atoms with E-state index >= 15 is 0 Å². The number of amides is 2. The van der Waals surface area contributed by atoms with Crippen molar-refractivity contribution in [1.82, 2.24) is 25.3 Å². The average Bonchev–Trinajstić information content (AvgIpc) is 3.46. The summed E-state index contributed by atoms with van der Waals surface area (Å²) in [5.41, 5.74) is -0.340. The zero-order valence-corrected chi connectivity index (χ0v) is 28.4. The van der Waals surface area contributed by atoms with Crippen molar-refractivity contribution in [1.29, 1.82) is 0 Å². The van der Waals surface area contributed by atoms with Gasteiger partial charge in [0.1, 0.15) is 11.8 Å². The number of benzene rings is 3. The molecular formula is C32H35Cl2N6O6P. The lowest BCUT2D eigenvalue weighted by molar-refractivity contribution is -0.149. The first-order valence-corrected chi connectivity index (χ1v) is 17.4. The van der Waals surface area contributed by atoms with Crippen molar-refractivity contribution in [2.75, 3.05) is 18.4 Å². The van der Waals surface area contributed by atoms with Gasteiger partial charge in [0.25, 0.3) is 11.8 Å². The highest BCUT2D eigenvalue weighted by molar-refractivity contribution is 7.55. The molecule has 0 aliphatic carbocycles. The summed E-state index contributed by atoms with van der Waals surface area (Å²) in [5, 5.41) is 17.9. The Hall–Kier alpha value is -3.93. The molecule has 12 nitrogen and oxygen atoms in total. The number of ether oxygens (including phenoxy) is 1. The lowest BCUT2D eigenvalue weighted by atomic mass is 10.1. The van der Waals surface area contributed by atoms with Crippen LogP contribution in [0.5, 0.6) is 5.75 Å². The van der Waals surface area contributed by atoms with Crippen molar-refractivity contribution in [3.05, 3.63) is 88.2 Å². The van der Waals surface area contributed by atoms with Crippen molar-refractivity contribution >= 4 is 65.1 Å². The molecule has 5 rings (SSSR count). The number of carbonyl (C=O) groups is 3. The van der Waals surface area contributed by atoms with Gasteiger partial charge >= 0.3 is 13.6 Å². The maximum Gasteiger partial charge on any atom is 0.440 e. The molecule has 248 valence electrons. The second kappa shape index (κ2) is 14.9. The fraction of sp³-hybridized carbons (Fsp3) is 0.312. The van der Waals surface area contributed by atoms with Gasteiger partial charge in [-0.25, -0.2) is 9.65 Å². The van der Waals surface area contributed by atoms with E-state index in [9.17, 15) is 18.9 Å². The summed E-state index contributed by atoms with van der Waals surface area (Å²) in [5.74, 6) is -1.81. The molecule has 47 heavy (non-hydrogen) atoms. The molecular weight excluding hydrogens is 666 g/mol. The standard InChI is InChI=1S/C32H35Cl2N6O6P/c1-19(2)45-32(43)20(3)39-47(44,46-24-12-11-21-7-4-5-8-22(21)17-24)40-18-27(37-30(41)28-25(33)9-6-10-26(28)34)29(38-40)31(42)36-23-13-15-35-16-14-23/h4-12,17-20,23,35H,13-16H2,1-3H3,(H,36,42)(H,37,41)(H,39,44)/t20-,47?/m0/s1. The first-order chi connectivity index (χ1) is 22.4. The maximum absolute atomic E-state index is 14.8. The summed E-state index contributed by atoms with van der Waals surface area (Å²) < 4.78 is 27.2. The predicted molar refractivity (Wildman–Crippen MR) is 181 cm³/mol. The van der Waals surface area contributed by atoms with E-state index in [1.54, 1.807) is 38.1 Å². The maximum atomic E-state index is 14.8. The zero-order chi connectivity index (χ0) is 33.7. The number of esters is 1. The van der Waals surface area contributed by atoms with Crippen molar-refractivity contribution in [2.45, 2.75) is 51.8 Å². The van der Waals surface area contributed by atoms with Crippen LogP contribution in [0.25, 0.3) is 10.8 Å². The number of fused-ring (bicyclic) bond motifs is 1. The number of anilines is 1. The number of carbonyl (C=O) groups excluding carboxylic acids is 3. The lowest BCUT2D eigenvalue weighted by Crippen LogP contribution is -2.43. The molecule has 1 aliphatic heterocycles. The molecule has 0 bridgehead atoms. The minimum Gasteiger partial charge on any atom is -0.462 e. The molecule has 0 spiro atoms. The van der Waals surface area contributed by atoms with Gasteiger partial charge in [0, 0.05) is 6.04 Å². The molecule has 1 saturated heterocycles. The summed E-state index contributed by atoms with van der Waals surface area (Å²) in [6, 6.07) is 16.0. The van der Waals surface area contributed by atoms with Crippen molar-refractivity contribution in [3.63, 3.8) is 0 Å². The van der Waals surface area contributed by atoms with Crippen molar-refractivity contribution in [2.24, 2.45) is 0 Å². The SMILES string of the molecule is CC(C)OC(=O)[C@H](C)NP(=O)(Oc1ccc2ccccc2c1)n1cc(NC(=O)c2c(Cl)cccc2Cl)c(C(=O)NC2CCNCC2)n1. The Bertz CT molecular complexity index is 1820. The third kappa shape index (κ3) is 8.33. The number of rotatable bonds is 11. The fourth-order valence-electron chi connectivity index (χ4n) is 5.00. The topological polar surface area (TPSA) is 153 Å². The van der Waals surface area contributed by atoms with Crippen LogP contribution in [0, 0.1) is 0 Å². The summed E-state index contributed by atoms with van der Waals surface area (Å²) in [6.45, 7) is 6.29. The highest BCUT2D eigenvalue weighted by atomic mass is 35.5. The monoisotopic (exact) mass is 700 g/mol. The van der Waals surface area contributed by atoms with Crippen LogP contribution >= 0.6 is 30.9 Å². The molecule has 15 heteroatoms. The summed E-state index contributed by atoms with van der Waals surface area (Å²) >= 11 is 12.6. The van der Waals surface area contributed by atoms with Crippen molar-refractivity contribution < 1.29 is 28.2 Å². The molecule has 3 aromatic carbocycles. The van der Waals surface area contributed by atoms with E-state index in [1.807, 2.05) is 24.3 Å². The van der Waals surface area contributed by atoms with Crippen LogP contribution in [0.4, 0.5) is 5.69 Å². The Balaban J connectivity index is 1.56. The smallest absolute Gasteiger partial charge is 0.440 e. The first-order valence-electron chi connectivity index (χ1n) is 15.1. The van der Waals surface area contributed by atoms with Gasteiger partial charge < -0.3 is 25.2 Å². The van der Waals surface area contributed by atoms with Gasteiger partial charge in [0.15, 0.2) is 5.69 Å². The zero-order valence-electron chi connectivity index (χ0n) is 26.0. The van der Waals surface area contributed by atoms with E-state index in [1.165, 1.54) is 25.3 Å². The molecule has 4 N–H and O–H groups in total. The van der Waals surface area contributed by atoms with Crippen LogP contribution < -0.4 is 25.6 Å². The number of nitrogens with zero attached hydrogens (tertiary/aromatic N) is 2. The van der Waals surface area contributed by atoms with Crippen LogP contribution in [-0.4, -0.2) is 58.6 Å². The molecule has 4 aromatic rings. The van der Waals surface area contributed by atoms with Crippen LogP contribution in [0.3, 0.4) is 0 Å². The minimum absolute atomic E-state index is 0.0212. The lowest BCUT2D eigenvalue weighted by Gasteiger charge is -2.24. The second-order valence-electron chi connectivity index (χ2n) is 11.3. The molecule has 1 unspecified atom stereocenters. The number of nitrogens with one attached hydrogen (secondary N) is 4. The van der Waals surface area contributed by atoms with Crippen LogP contribution in [-0.2, 0) is 14.1 Å². The molecule has 0 saturated carbocycles. The molecule has 2 amide bonds. The molecule has 1 aliphatic rings. The van der Waals surface area contributed by atoms with Gasteiger partial charge in [-0.05, 0) is 81.7 Å². The van der Waals surface area contributed by atoms with Crippen LogP contribution in [0.15, 0.2) is 66.9 Å². The Morgan fingerprint density at radius 2 is 1.64 bits per heavy atom. The van der Waals surface area contributed by atoms with E-state index in [0.717, 1.165) is 28.3 Å². The average molecular weight is 702 g/mol. The Labute approximate surface area is 282 Å². The molecule has 2 heterocycles. The van der Waals surface area contributed by atoms with Gasteiger partial charge in [-0.1, -0.05) is 59.6 Å². The summed E-state index contributed by atoms with van der Waals surface area (Å²) in [4.78, 5) is 39.9. The van der Waals surface area contributed by atoms with Gasteiger partial charge in [0.05, 0.1) is 33.6 Å². The quantitative estimate of drug-likeness (QED) is 0.108. The van der Waals surface area contributed by atoms with E-state index in [-0.39, 0.29) is 38.8 Å². The summed E-state index contributed by atoms with van der Waals surface area (Å²) in [6.07, 6.45) is 2.14. The number of hydrogen-bond donors (Lipinski definition) is 4. The molecule has 2 atom stereocenters. The van der Waals surface area contributed by atoms with E-state index < -0.39 is 37.6 Å². The second-order valence-corrected chi connectivity index (χ2v) is 14.0. The Kier molecular flexibility index (Phi) is 10.9. The summed E-state index contributed by atoms with van der Waals surface area (Å²) in [7, 11) is -4.39. The largest absolute Gasteiger partial charge is 0.462 e. The Morgan fingerprint density at radius 1 is 0.957 bits per heavy atom. The van der Waals surface area contributed by atoms with Gasteiger partial charge in [-0.15, -0.1) is 0 Å². The Morgan fingerprint density at radius 3 is 2.32 bits per heavy atom. The van der Waals surface area contributed by atoms with Gasteiger partial charge in [0.2, 0.25) is 0 Å². The number of hydrogen-bond acceptors (Lipinski definition) is 8. The van der Waals surface area contributed by atoms with Gasteiger partial charge in [-0.2, -0.15) is 9.55 Å². The van der Waals surface area contributed by atoms with E-state index in [4.69, 9.17) is 32.5 Å². The number of aromatic nitrogens is 2. The van der Waals surface area contributed by atoms with E-state index in [0.29, 0.717) is 12.8 Å². The van der Waals surface area contributed by atoms with Crippen molar-refractivity contribution in [3.8, 4) is 5.75 Å². The number of piperidine rings is 1. The predicted octanol–water partition coefficient (Wildman–Crippen LogP) is 6.04. The highest BCUT2D eigenvalue weighted by Crippen LogP contribution is 2.46. The molecule has 0 radical (unpaired) electrons. The fourth-order valence-corrected chi connectivity index (χ4v) is 7.29. The highest BCUT2D eigenvalue weighted by Gasteiger charge is 2.36. The molecule has 1 aromatic heterocycles. The molecule has 1 fully saturated rings. The third-order valence-corrected chi connectivity index (χ3v) is 9.86. The van der Waals surface area contributed by atoms with Crippen LogP contribution in [0.1, 0.15) is 54.5 Å². The van der Waals surface area contributed by atoms with Crippen LogP contribution in [0.2, 0.25) is 10.0 Å². The first kappa shape index (κ1) is 34.4. The van der Waals surface area contributed by atoms with Gasteiger partial charge in [-0.3, -0.25) is 14.4 Å². The minimum atomic E-state index is -4.39. The third-order valence-electron chi connectivity index (χ3n) is 7.31. The number of halogens is 2. The van der Waals surface area contributed by atoms with E-state index in [2.05, 4.69) is 26.1 Å².